The molecule has 0 bridgehead atoms. The van der Waals surface area contributed by atoms with Crippen LogP contribution in [0.4, 0.5) is 0 Å². The summed E-state index contributed by atoms with van der Waals surface area (Å²) in [4.78, 5) is 37.0. The monoisotopic (exact) mass is 640 g/mol. The van der Waals surface area contributed by atoms with E-state index in [0.717, 1.165) is 12.0 Å². The van der Waals surface area contributed by atoms with Crippen LogP contribution >= 0.6 is 0 Å². The number of rotatable bonds is 11. The molecule has 46 heavy (non-hydrogen) atoms. The van der Waals surface area contributed by atoms with E-state index >= 15 is 0 Å². The lowest BCUT2D eigenvalue weighted by atomic mass is 9.88. The van der Waals surface area contributed by atoms with Gasteiger partial charge in [-0.1, -0.05) is 70.2 Å². The minimum atomic E-state index is -1.42. The van der Waals surface area contributed by atoms with E-state index in [4.69, 9.17) is 18.9 Å². The van der Waals surface area contributed by atoms with Gasteiger partial charge in [0.15, 0.2) is 0 Å². The highest BCUT2D eigenvalue weighted by molar-refractivity contribution is 5.89. The molecular formula is C37H52O9. The Bertz CT molecular complexity index is 1250. The fourth-order valence-electron chi connectivity index (χ4n) is 5.93. The molecule has 2 heterocycles. The highest BCUT2D eigenvalue weighted by atomic mass is 16.6. The van der Waals surface area contributed by atoms with E-state index in [2.05, 4.69) is 19.9 Å². The van der Waals surface area contributed by atoms with Crippen LogP contribution in [0.2, 0.25) is 0 Å². The first-order valence-corrected chi connectivity index (χ1v) is 16.4. The predicted octanol–water partition coefficient (Wildman–Crippen LogP) is 5.89. The standard InChI is InChI=1S/C37H52O9/c1-8-30(45-36(41)28-15-10-9-11-16-28)26(5)35-31(44-35)21-23(2)13-12-14-24(3)34-25(4)17-18-32(43-27(6)38)37(7,42)20-19-29(39)22-33(40)46-34/h9-18,23,25-26,29-32,34-35,39,42H,8,19-22H2,1-7H3/b13-12+,18-17-,24-14+. The van der Waals surface area contributed by atoms with Gasteiger partial charge >= 0.3 is 17.9 Å². The summed E-state index contributed by atoms with van der Waals surface area (Å²) < 4.78 is 23.0. The second-order valence-electron chi connectivity index (χ2n) is 13.2. The summed E-state index contributed by atoms with van der Waals surface area (Å²) in [5.41, 5.74) is -0.0780. The van der Waals surface area contributed by atoms with Gasteiger partial charge in [-0.05, 0) is 69.2 Å². The molecule has 1 aromatic carbocycles. The third kappa shape index (κ3) is 11.2. The molecule has 0 amide bonds. The van der Waals surface area contributed by atoms with Gasteiger partial charge in [0, 0.05) is 18.8 Å². The molecule has 0 saturated carbocycles. The second kappa shape index (κ2) is 17.0. The molecule has 2 N–H and O–H groups in total. The minimum Gasteiger partial charge on any atom is -0.458 e. The molecule has 2 aliphatic heterocycles. The lowest BCUT2D eigenvalue weighted by molar-refractivity contribution is -0.157. The van der Waals surface area contributed by atoms with Crippen molar-refractivity contribution in [1.29, 1.82) is 0 Å². The molecule has 9 nitrogen and oxygen atoms in total. The summed E-state index contributed by atoms with van der Waals surface area (Å²) in [5.74, 6) is -1.40. The number of hydrogen-bond donors (Lipinski definition) is 2. The molecular weight excluding hydrogens is 588 g/mol. The largest absolute Gasteiger partial charge is 0.458 e. The Morgan fingerprint density at radius 1 is 1.15 bits per heavy atom. The summed E-state index contributed by atoms with van der Waals surface area (Å²) in [5, 5.41) is 21.4. The smallest absolute Gasteiger partial charge is 0.338 e. The van der Waals surface area contributed by atoms with Crippen LogP contribution < -0.4 is 0 Å². The number of epoxide rings is 1. The van der Waals surface area contributed by atoms with E-state index in [-0.39, 0.29) is 61.3 Å². The topological polar surface area (TPSA) is 132 Å². The van der Waals surface area contributed by atoms with Crippen molar-refractivity contribution in [2.75, 3.05) is 0 Å². The molecule has 10 atom stereocenters. The zero-order chi connectivity index (χ0) is 34.0. The van der Waals surface area contributed by atoms with Crippen LogP contribution in [-0.4, -0.2) is 70.3 Å². The van der Waals surface area contributed by atoms with Crippen molar-refractivity contribution in [1.82, 2.24) is 0 Å². The fourth-order valence-corrected chi connectivity index (χ4v) is 5.93. The molecule has 0 radical (unpaired) electrons. The van der Waals surface area contributed by atoms with Crippen LogP contribution in [0.15, 0.2) is 66.3 Å². The first kappa shape index (κ1) is 37.2. The van der Waals surface area contributed by atoms with Gasteiger partial charge in [-0.15, -0.1) is 0 Å². The van der Waals surface area contributed by atoms with Crippen LogP contribution in [0.25, 0.3) is 0 Å². The van der Waals surface area contributed by atoms with Crippen LogP contribution in [0, 0.1) is 17.8 Å². The molecule has 9 heteroatoms. The lowest BCUT2D eigenvalue weighted by Gasteiger charge is -2.32. The first-order valence-electron chi connectivity index (χ1n) is 16.4. The van der Waals surface area contributed by atoms with Crippen molar-refractivity contribution < 1.29 is 43.5 Å². The minimum absolute atomic E-state index is 0.0249. The Kier molecular flexibility index (Phi) is 13.8. The van der Waals surface area contributed by atoms with Crippen molar-refractivity contribution in [2.24, 2.45) is 17.8 Å². The quantitative estimate of drug-likeness (QED) is 0.1000. The van der Waals surface area contributed by atoms with Crippen LogP contribution in [0.1, 0.15) is 90.9 Å². The van der Waals surface area contributed by atoms with Gasteiger partial charge < -0.3 is 29.2 Å². The number of hydrogen-bond acceptors (Lipinski definition) is 9. The van der Waals surface area contributed by atoms with Gasteiger partial charge in [0.25, 0.3) is 0 Å². The third-order valence-corrected chi connectivity index (χ3v) is 8.87. The van der Waals surface area contributed by atoms with E-state index in [9.17, 15) is 24.6 Å². The molecule has 3 rings (SSSR count). The second-order valence-corrected chi connectivity index (χ2v) is 13.2. The van der Waals surface area contributed by atoms with E-state index in [1.54, 1.807) is 31.2 Å². The molecule has 254 valence electrons. The van der Waals surface area contributed by atoms with E-state index in [1.807, 2.05) is 51.1 Å². The maximum absolute atomic E-state index is 12.7. The third-order valence-electron chi connectivity index (χ3n) is 8.87. The van der Waals surface area contributed by atoms with Crippen LogP contribution in [0.3, 0.4) is 0 Å². The van der Waals surface area contributed by atoms with Gasteiger partial charge in [0.2, 0.25) is 0 Å². The molecule has 0 aliphatic carbocycles. The molecule has 10 unspecified atom stereocenters. The number of cyclic esters (lactones) is 1. The van der Waals surface area contributed by atoms with Gasteiger partial charge in [-0.25, -0.2) is 4.79 Å². The Labute approximate surface area is 273 Å². The van der Waals surface area contributed by atoms with Gasteiger partial charge in [0.1, 0.15) is 23.9 Å². The van der Waals surface area contributed by atoms with Crippen molar-refractivity contribution >= 4 is 17.9 Å². The van der Waals surface area contributed by atoms with E-state index in [0.29, 0.717) is 12.0 Å². The normalized spacial score (nSPS) is 31.8. The number of esters is 3. The highest BCUT2D eigenvalue weighted by Gasteiger charge is 2.46. The molecule has 1 fully saturated rings. The molecule has 0 spiro atoms. The Balaban J connectivity index is 1.62. The Morgan fingerprint density at radius 2 is 1.85 bits per heavy atom. The summed E-state index contributed by atoms with van der Waals surface area (Å²) >= 11 is 0. The SMILES string of the molecule is CCC(OC(=O)c1ccccc1)C(C)C1OC1CC(C)/C=C/C=C(\C)C1OC(=O)CC(O)CCC(C)(O)C(OC(C)=O)/C=C\C1C. The number of ether oxygens (including phenoxy) is 4. The van der Waals surface area contributed by atoms with Gasteiger partial charge in [-0.2, -0.15) is 0 Å². The maximum Gasteiger partial charge on any atom is 0.338 e. The van der Waals surface area contributed by atoms with Crippen molar-refractivity contribution in [3.63, 3.8) is 0 Å². The van der Waals surface area contributed by atoms with Crippen molar-refractivity contribution in [2.45, 2.75) is 123 Å². The number of carbonyl (C=O) groups excluding carboxylic acids is 3. The van der Waals surface area contributed by atoms with Crippen LogP contribution in [0.5, 0.6) is 0 Å². The van der Waals surface area contributed by atoms with Crippen molar-refractivity contribution in [3.05, 3.63) is 71.8 Å². The lowest BCUT2D eigenvalue weighted by Crippen LogP contribution is -2.42. The number of aliphatic hydroxyl groups is 2. The summed E-state index contributed by atoms with van der Waals surface area (Å²) in [6.45, 7) is 12.8. The van der Waals surface area contributed by atoms with E-state index < -0.39 is 35.9 Å². The average Bonchev–Trinajstić information content (AvgIpc) is 3.77. The number of benzene rings is 1. The number of carbonyl (C=O) groups is 3. The summed E-state index contributed by atoms with van der Waals surface area (Å²) in [6.07, 6.45) is 8.27. The zero-order valence-electron chi connectivity index (χ0n) is 28.3. The fraction of sp³-hybridized carbons (Fsp3) is 0.595. The van der Waals surface area contributed by atoms with E-state index in [1.165, 1.54) is 6.92 Å². The number of allylic oxidation sites excluding steroid dienone is 3. The number of aliphatic hydroxyl groups excluding tert-OH is 1. The maximum atomic E-state index is 12.7. The predicted molar refractivity (Wildman–Crippen MR) is 175 cm³/mol. The zero-order valence-corrected chi connectivity index (χ0v) is 28.3. The van der Waals surface area contributed by atoms with Gasteiger partial charge in [0.05, 0.1) is 30.3 Å². The highest BCUT2D eigenvalue weighted by Crippen LogP contribution is 2.37. The summed E-state index contributed by atoms with van der Waals surface area (Å²) in [7, 11) is 0. The van der Waals surface area contributed by atoms with Crippen LogP contribution in [-0.2, 0) is 28.5 Å². The molecule has 2 aliphatic rings. The first-order chi connectivity index (χ1) is 21.7. The Morgan fingerprint density at radius 3 is 2.50 bits per heavy atom. The Hall–Kier alpha value is -3.27. The molecule has 0 aromatic heterocycles. The molecule has 1 saturated heterocycles. The molecule has 1 aromatic rings. The summed E-state index contributed by atoms with van der Waals surface area (Å²) in [6, 6.07) is 9.00. The van der Waals surface area contributed by atoms with Gasteiger partial charge in [-0.3, -0.25) is 9.59 Å². The average molecular weight is 641 g/mol. The van der Waals surface area contributed by atoms with Crippen molar-refractivity contribution in [3.8, 4) is 0 Å².